The maximum absolute atomic E-state index is 3.97. The van der Waals surface area contributed by atoms with E-state index in [0.717, 1.165) is 10.9 Å². The highest BCUT2D eigenvalue weighted by Crippen LogP contribution is 2.17. The monoisotopic (exact) mass is 212 g/mol. The molecule has 0 spiro atoms. The van der Waals surface area contributed by atoms with Crippen molar-refractivity contribution < 1.29 is 0 Å². The summed E-state index contributed by atoms with van der Waals surface area (Å²) in [5, 5.41) is 23.8. The summed E-state index contributed by atoms with van der Waals surface area (Å²) in [6.45, 7) is 0. The molecule has 8 heteroatoms. The molecule has 0 saturated heterocycles. The van der Waals surface area contributed by atoms with E-state index in [0.29, 0.717) is 11.4 Å². The standard InChI is InChI=1S/C8H4N8/c1-2-4-6-5(3-1)7-9-11-14-16(7)8-10-12-13-15(6)8/h1-4H. The number of para-hydroxylation sites is 1. The predicted molar refractivity (Wildman–Crippen MR) is 52.6 cm³/mol. The lowest BCUT2D eigenvalue weighted by molar-refractivity contribution is 0.813. The van der Waals surface area contributed by atoms with Gasteiger partial charge in [0.2, 0.25) is 0 Å². The molecular weight excluding hydrogens is 208 g/mol. The Bertz CT molecular complexity index is 743. The van der Waals surface area contributed by atoms with Gasteiger partial charge in [0, 0.05) is 5.39 Å². The van der Waals surface area contributed by atoms with Crippen molar-refractivity contribution in [2.75, 3.05) is 0 Å². The third kappa shape index (κ3) is 0.749. The van der Waals surface area contributed by atoms with Crippen molar-refractivity contribution in [1.29, 1.82) is 0 Å². The zero-order valence-corrected chi connectivity index (χ0v) is 7.89. The maximum Gasteiger partial charge on any atom is 0.278 e. The van der Waals surface area contributed by atoms with Crippen LogP contribution in [0.15, 0.2) is 24.3 Å². The molecule has 0 saturated carbocycles. The van der Waals surface area contributed by atoms with Gasteiger partial charge in [0.25, 0.3) is 5.78 Å². The van der Waals surface area contributed by atoms with Crippen LogP contribution in [-0.4, -0.2) is 40.1 Å². The molecule has 3 heterocycles. The Morgan fingerprint density at radius 3 is 2.69 bits per heavy atom. The van der Waals surface area contributed by atoms with Gasteiger partial charge in [-0.05, 0) is 33.0 Å². The molecule has 4 aromatic rings. The van der Waals surface area contributed by atoms with E-state index >= 15 is 0 Å². The van der Waals surface area contributed by atoms with Gasteiger partial charge in [-0.2, -0.15) is 9.03 Å². The quantitative estimate of drug-likeness (QED) is 0.398. The van der Waals surface area contributed by atoms with Crippen LogP contribution in [0.1, 0.15) is 0 Å². The Balaban J connectivity index is 2.51. The van der Waals surface area contributed by atoms with Crippen LogP contribution in [0.4, 0.5) is 0 Å². The van der Waals surface area contributed by atoms with Crippen molar-refractivity contribution >= 4 is 22.3 Å². The van der Waals surface area contributed by atoms with E-state index in [9.17, 15) is 0 Å². The molecule has 0 radical (unpaired) electrons. The van der Waals surface area contributed by atoms with Crippen LogP contribution in [0.3, 0.4) is 0 Å². The first-order chi connectivity index (χ1) is 7.95. The van der Waals surface area contributed by atoms with E-state index in [2.05, 4.69) is 31.1 Å². The number of rotatable bonds is 0. The smallest absolute Gasteiger partial charge is 0.176 e. The molecule has 16 heavy (non-hydrogen) atoms. The summed E-state index contributed by atoms with van der Waals surface area (Å²) in [6, 6.07) is 7.70. The average Bonchev–Trinajstić information content (AvgIpc) is 2.98. The molecule has 0 bridgehead atoms. The molecule has 4 rings (SSSR count). The first kappa shape index (κ1) is 7.63. The van der Waals surface area contributed by atoms with Gasteiger partial charge >= 0.3 is 0 Å². The summed E-state index contributed by atoms with van der Waals surface area (Å²) in [7, 11) is 0. The number of nitrogens with zero attached hydrogens (tertiary/aromatic N) is 8. The van der Waals surface area contributed by atoms with Crippen LogP contribution >= 0.6 is 0 Å². The molecule has 0 fully saturated rings. The first-order valence-corrected chi connectivity index (χ1v) is 4.62. The van der Waals surface area contributed by atoms with Crippen molar-refractivity contribution in [2.45, 2.75) is 0 Å². The van der Waals surface area contributed by atoms with Gasteiger partial charge in [-0.15, -0.1) is 5.10 Å². The van der Waals surface area contributed by atoms with Gasteiger partial charge in [-0.1, -0.05) is 17.2 Å². The second-order valence-corrected chi connectivity index (χ2v) is 3.32. The molecule has 0 amide bonds. The van der Waals surface area contributed by atoms with Crippen LogP contribution < -0.4 is 0 Å². The maximum atomic E-state index is 3.97. The SMILES string of the molecule is c1ccc2c(c1)c1nnnn1c1nnnn21. The van der Waals surface area contributed by atoms with E-state index in [1.807, 2.05) is 24.3 Å². The Hall–Kier alpha value is -2.64. The largest absolute Gasteiger partial charge is 0.278 e. The van der Waals surface area contributed by atoms with Gasteiger partial charge < -0.3 is 0 Å². The fourth-order valence-corrected chi connectivity index (χ4v) is 1.81. The van der Waals surface area contributed by atoms with Gasteiger partial charge in [0.1, 0.15) is 0 Å². The highest BCUT2D eigenvalue weighted by Gasteiger charge is 2.12. The van der Waals surface area contributed by atoms with Gasteiger partial charge in [-0.25, -0.2) is 0 Å². The third-order valence-electron chi connectivity index (χ3n) is 2.49. The lowest BCUT2D eigenvalue weighted by atomic mass is 10.2. The number of hydrogen-bond acceptors (Lipinski definition) is 6. The van der Waals surface area contributed by atoms with Crippen molar-refractivity contribution in [2.24, 2.45) is 0 Å². The summed E-state index contributed by atoms with van der Waals surface area (Å²) < 4.78 is 3.13. The lowest BCUT2D eigenvalue weighted by Gasteiger charge is -1.99. The number of aromatic nitrogens is 8. The molecule has 0 aliphatic carbocycles. The Morgan fingerprint density at radius 2 is 1.69 bits per heavy atom. The van der Waals surface area contributed by atoms with Crippen molar-refractivity contribution in [3.8, 4) is 0 Å². The number of tetrazole rings is 2. The zero-order valence-electron chi connectivity index (χ0n) is 7.89. The summed E-state index contributed by atoms with van der Waals surface area (Å²) in [5.74, 6) is 0.499. The van der Waals surface area contributed by atoms with Gasteiger partial charge in [0.15, 0.2) is 5.65 Å². The lowest BCUT2D eigenvalue weighted by Crippen LogP contribution is -2.00. The van der Waals surface area contributed by atoms with E-state index in [1.165, 1.54) is 4.52 Å². The van der Waals surface area contributed by atoms with Gasteiger partial charge in [-0.3, -0.25) is 0 Å². The van der Waals surface area contributed by atoms with E-state index in [1.54, 1.807) is 4.52 Å². The predicted octanol–water partition coefficient (Wildman–Crippen LogP) is -0.285. The first-order valence-electron chi connectivity index (χ1n) is 4.62. The molecule has 0 aliphatic heterocycles. The van der Waals surface area contributed by atoms with E-state index < -0.39 is 0 Å². The molecular formula is C8H4N8. The highest BCUT2D eigenvalue weighted by molar-refractivity contribution is 5.92. The molecule has 76 valence electrons. The third-order valence-corrected chi connectivity index (χ3v) is 2.49. The van der Waals surface area contributed by atoms with Crippen molar-refractivity contribution in [1.82, 2.24) is 40.1 Å². The van der Waals surface area contributed by atoms with Crippen LogP contribution in [0.5, 0.6) is 0 Å². The summed E-state index contributed by atoms with van der Waals surface area (Å²) in [6.07, 6.45) is 0. The number of benzene rings is 1. The molecule has 0 N–H and O–H groups in total. The average molecular weight is 212 g/mol. The van der Waals surface area contributed by atoms with E-state index in [4.69, 9.17) is 0 Å². The summed E-state index contributed by atoms with van der Waals surface area (Å²) in [4.78, 5) is 0. The second-order valence-electron chi connectivity index (χ2n) is 3.32. The fourth-order valence-electron chi connectivity index (χ4n) is 1.81. The van der Waals surface area contributed by atoms with Crippen LogP contribution in [-0.2, 0) is 0 Å². The molecule has 1 aromatic carbocycles. The molecule has 0 unspecified atom stereocenters. The Labute approximate surface area is 87.5 Å². The summed E-state index contributed by atoms with van der Waals surface area (Å²) in [5.41, 5.74) is 1.53. The Kier molecular flexibility index (Phi) is 1.18. The number of hydrogen-bond donors (Lipinski definition) is 0. The normalized spacial score (nSPS) is 11.8. The number of fused-ring (bicyclic) bond motifs is 6. The molecule has 0 atom stereocenters. The van der Waals surface area contributed by atoms with Crippen LogP contribution in [0, 0.1) is 0 Å². The van der Waals surface area contributed by atoms with Crippen LogP contribution in [0.2, 0.25) is 0 Å². The van der Waals surface area contributed by atoms with Crippen molar-refractivity contribution in [3.63, 3.8) is 0 Å². The van der Waals surface area contributed by atoms with Crippen LogP contribution in [0.25, 0.3) is 22.3 Å². The summed E-state index contributed by atoms with van der Waals surface area (Å²) >= 11 is 0. The molecule has 3 aromatic heterocycles. The zero-order chi connectivity index (χ0) is 10.5. The Morgan fingerprint density at radius 1 is 0.875 bits per heavy atom. The topological polar surface area (TPSA) is 86.2 Å². The highest BCUT2D eigenvalue weighted by atomic mass is 15.6. The molecule has 8 nitrogen and oxygen atoms in total. The van der Waals surface area contributed by atoms with Crippen molar-refractivity contribution in [3.05, 3.63) is 24.3 Å². The second kappa shape index (κ2) is 2.48. The van der Waals surface area contributed by atoms with E-state index in [-0.39, 0.29) is 0 Å². The fraction of sp³-hybridized carbons (Fsp3) is 0. The minimum atomic E-state index is 0.499. The van der Waals surface area contributed by atoms with Gasteiger partial charge in [0.05, 0.1) is 5.52 Å². The molecule has 0 aliphatic rings. The minimum absolute atomic E-state index is 0.499. The minimum Gasteiger partial charge on any atom is -0.176 e.